The molecular weight excluding hydrogens is 961 g/mol. The molecule has 0 N–H and O–H groups in total. The van der Waals surface area contributed by atoms with Gasteiger partial charge < -0.3 is 14.2 Å². The SMILES string of the molecule is CC/C=C\C/C=C\C/C=C\CCCCCC(=O)OC(COC(=O)CCCCCCCCCCCCCC)COC(=O)CCCCCCCCCCCCCCCCCCCCCCCCC/C=C\C/C=C\CCCCCCC. The lowest BCUT2D eigenvalue weighted by Gasteiger charge is -2.18. The molecule has 0 saturated carbocycles. The summed E-state index contributed by atoms with van der Waals surface area (Å²) in [5, 5.41) is 0. The fourth-order valence-corrected chi connectivity index (χ4v) is 10.1. The lowest BCUT2D eigenvalue weighted by molar-refractivity contribution is -0.167. The van der Waals surface area contributed by atoms with Crippen molar-refractivity contribution in [1.29, 1.82) is 0 Å². The first-order chi connectivity index (χ1) is 38.5. The van der Waals surface area contributed by atoms with Crippen LogP contribution in [0.15, 0.2) is 60.8 Å². The molecule has 0 fully saturated rings. The van der Waals surface area contributed by atoms with Crippen molar-refractivity contribution in [3.63, 3.8) is 0 Å². The number of carbonyl (C=O) groups is 3. The van der Waals surface area contributed by atoms with Crippen molar-refractivity contribution < 1.29 is 28.6 Å². The second-order valence-electron chi connectivity index (χ2n) is 23.1. The van der Waals surface area contributed by atoms with Crippen LogP contribution in [0.1, 0.15) is 361 Å². The Balaban J connectivity index is 4.02. The minimum absolute atomic E-state index is 0.0812. The molecule has 0 aromatic rings. The van der Waals surface area contributed by atoms with Gasteiger partial charge in [0.1, 0.15) is 13.2 Å². The van der Waals surface area contributed by atoms with Gasteiger partial charge in [0, 0.05) is 19.3 Å². The minimum Gasteiger partial charge on any atom is -0.462 e. The molecule has 6 heteroatoms. The number of allylic oxidation sites excluding steroid dienone is 10. The van der Waals surface area contributed by atoms with Gasteiger partial charge in [0.05, 0.1) is 0 Å². The van der Waals surface area contributed by atoms with Gasteiger partial charge in [0.15, 0.2) is 6.10 Å². The Labute approximate surface area is 485 Å². The molecule has 78 heavy (non-hydrogen) atoms. The summed E-state index contributed by atoms with van der Waals surface area (Å²) in [7, 11) is 0. The van der Waals surface area contributed by atoms with Gasteiger partial charge in [-0.3, -0.25) is 14.4 Å². The number of hydrogen-bond acceptors (Lipinski definition) is 6. The number of unbranched alkanes of at least 4 members (excludes halogenated alkanes) is 42. The summed E-state index contributed by atoms with van der Waals surface area (Å²) in [6.45, 7) is 6.53. The average molecular weight is 1090 g/mol. The molecule has 0 aliphatic rings. The molecule has 0 spiro atoms. The molecular formula is C72H130O6. The summed E-state index contributed by atoms with van der Waals surface area (Å²) in [5.74, 6) is -0.892. The fraction of sp³-hybridized carbons (Fsp3) is 0.819. The third kappa shape index (κ3) is 63.9. The number of hydrogen-bond donors (Lipinski definition) is 0. The van der Waals surface area contributed by atoms with Crippen LogP contribution in [0.25, 0.3) is 0 Å². The third-order valence-corrected chi connectivity index (χ3v) is 15.3. The fourth-order valence-electron chi connectivity index (χ4n) is 10.1. The monoisotopic (exact) mass is 1090 g/mol. The maximum Gasteiger partial charge on any atom is 0.306 e. The molecule has 1 atom stereocenters. The summed E-state index contributed by atoms with van der Waals surface area (Å²) in [4.78, 5) is 38.2. The quantitative estimate of drug-likeness (QED) is 0.0261. The predicted octanol–water partition coefficient (Wildman–Crippen LogP) is 23.5. The third-order valence-electron chi connectivity index (χ3n) is 15.3. The van der Waals surface area contributed by atoms with E-state index in [1.165, 1.54) is 231 Å². The van der Waals surface area contributed by atoms with Crippen molar-refractivity contribution in [1.82, 2.24) is 0 Å². The van der Waals surface area contributed by atoms with E-state index in [1.54, 1.807) is 0 Å². The molecule has 6 nitrogen and oxygen atoms in total. The van der Waals surface area contributed by atoms with Crippen LogP contribution in [-0.2, 0) is 28.6 Å². The Morgan fingerprint density at radius 2 is 0.500 bits per heavy atom. The van der Waals surface area contributed by atoms with E-state index in [0.29, 0.717) is 19.3 Å². The first kappa shape index (κ1) is 75.1. The molecule has 0 rings (SSSR count). The van der Waals surface area contributed by atoms with E-state index in [4.69, 9.17) is 14.2 Å². The van der Waals surface area contributed by atoms with Crippen molar-refractivity contribution in [2.75, 3.05) is 13.2 Å². The van der Waals surface area contributed by atoms with Crippen molar-refractivity contribution >= 4 is 17.9 Å². The van der Waals surface area contributed by atoms with Crippen LogP contribution >= 0.6 is 0 Å². The Morgan fingerprint density at radius 1 is 0.269 bits per heavy atom. The van der Waals surface area contributed by atoms with Crippen LogP contribution in [0.5, 0.6) is 0 Å². The smallest absolute Gasteiger partial charge is 0.306 e. The topological polar surface area (TPSA) is 78.9 Å². The van der Waals surface area contributed by atoms with Gasteiger partial charge in [-0.2, -0.15) is 0 Å². The highest BCUT2D eigenvalue weighted by atomic mass is 16.6. The Bertz CT molecular complexity index is 1390. The number of esters is 3. The summed E-state index contributed by atoms with van der Waals surface area (Å²) in [6.07, 6.45) is 85.6. The van der Waals surface area contributed by atoms with Crippen molar-refractivity contribution in [3.05, 3.63) is 60.8 Å². The maximum atomic E-state index is 12.8. The van der Waals surface area contributed by atoms with Crippen molar-refractivity contribution in [2.24, 2.45) is 0 Å². The second kappa shape index (κ2) is 66.6. The maximum absolute atomic E-state index is 12.8. The molecule has 0 aliphatic carbocycles. The second-order valence-corrected chi connectivity index (χ2v) is 23.1. The van der Waals surface area contributed by atoms with Gasteiger partial charge in [0.25, 0.3) is 0 Å². The first-order valence-electron chi connectivity index (χ1n) is 34.3. The Morgan fingerprint density at radius 3 is 0.795 bits per heavy atom. The van der Waals surface area contributed by atoms with Gasteiger partial charge in [-0.1, -0.05) is 319 Å². The largest absolute Gasteiger partial charge is 0.462 e. The average Bonchev–Trinajstić information content (AvgIpc) is 3.44. The molecule has 0 aromatic carbocycles. The van der Waals surface area contributed by atoms with Crippen LogP contribution in [0.3, 0.4) is 0 Å². The summed E-state index contributed by atoms with van der Waals surface area (Å²) in [6, 6.07) is 0. The van der Waals surface area contributed by atoms with Crippen LogP contribution in [0, 0.1) is 0 Å². The van der Waals surface area contributed by atoms with Crippen LogP contribution in [-0.4, -0.2) is 37.2 Å². The van der Waals surface area contributed by atoms with Crippen LogP contribution < -0.4 is 0 Å². The lowest BCUT2D eigenvalue weighted by Crippen LogP contribution is -2.30. The summed E-state index contributed by atoms with van der Waals surface area (Å²) < 4.78 is 16.9. The van der Waals surface area contributed by atoms with Gasteiger partial charge in [-0.15, -0.1) is 0 Å². The lowest BCUT2D eigenvalue weighted by atomic mass is 10.0. The van der Waals surface area contributed by atoms with Gasteiger partial charge >= 0.3 is 17.9 Å². The van der Waals surface area contributed by atoms with E-state index in [1.807, 2.05) is 0 Å². The standard InChI is InChI=1S/C72H130O6/c1-4-7-10-13-16-19-22-25-26-27-28-29-30-31-32-33-34-35-36-37-38-39-40-41-42-43-44-45-46-48-50-53-56-59-62-65-71(74)77-68-69(67-76-70(73)64-61-58-55-52-49-24-21-18-15-12-9-6-3)78-72(75)66-63-60-57-54-51-47-23-20-17-14-11-8-5-2/h8,11,17,20,22,25,27-28,47,51,69H,4-7,9-10,12-16,18-19,21,23-24,26,29-46,48-50,52-68H2,1-3H3/b11-8-,20-17-,25-22-,28-27-,51-47-. The zero-order valence-electron chi connectivity index (χ0n) is 52.2. The van der Waals surface area contributed by atoms with E-state index < -0.39 is 6.10 Å². The van der Waals surface area contributed by atoms with Crippen LogP contribution in [0.2, 0.25) is 0 Å². The van der Waals surface area contributed by atoms with E-state index in [0.717, 1.165) is 89.9 Å². The number of ether oxygens (including phenoxy) is 3. The van der Waals surface area contributed by atoms with Crippen molar-refractivity contribution in [3.8, 4) is 0 Å². The van der Waals surface area contributed by atoms with E-state index in [9.17, 15) is 14.4 Å². The summed E-state index contributed by atoms with van der Waals surface area (Å²) >= 11 is 0. The van der Waals surface area contributed by atoms with Gasteiger partial charge in [0.2, 0.25) is 0 Å². The van der Waals surface area contributed by atoms with E-state index in [2.05, 4.69) is 81.5 Å². The zero-order valence-corrected chi connectivity index (χ0v) is 52.2. The molecule has 454 valence electrons. The molecule has 0 bridgehead atoms. The highest BCUT2D eigenvalue weighted by Gasteiger charge is 2.19. The summed E-state index contributed by atoms with van der Waals surface area (Å²) in [5.41, 5.74) is 0. The van der Waals surface area contributed by atoms with Gasteiger partial charge in [-0.05, 0) is 83.5 Å². The van der Waals surface area contributed by atoms with Crippen LogP contribution in [0.4, 0.5) is 0 Å². The molecule has 0 aromatic heterocycles. The highest BCUT2D eigenvalue weighted by molar-refractivity contribution is 5.71. The Kier molecular flexibility index (Phi) is 64.2. The number of rotatable bonds is 63. The molecule has 1 unspecified atom stereocenters. The highest BCUT2D eigenvalue weighted by Crippen LogP contribution is 2.18. The molecule has 0 saturated heterocycles. The predicted molar refractivity (Wildman–Crippen MR) is 339 cm³/mol. The van der Waals surface area contributed by atoms with E-state index in [-0.39, 0.29) is 31.1 Å². The minimum atomic E-state index is -0.786. The zero-order chi connectivity index (χ0) is 56.4. The van der Waals surface area contributed by atoms with E-state index >= 15 is 0 Å². The Hall–Kier alpha value is -2.89. The molecule has 0 amide bonds. The molecule has 0 aliphatic heterocycles. The van der Waals surface area contributed by atoms with Gasteiger partial charge in [-0.25, -0.2) is 0 Å². The molecule has 0 heterocycles. The molecule has 0 radical (unpaired) electrons. The number of carbonyl (C=O) groups excluding carboxylic acids is 3. The van der Waals surface area contributed by atoms with Crippen molar-refractivity contribution in [2.45, 2.75) is 367 Å². The first-order valence-corrected chi connectivity index (χ1v) is 34.3. The normalized spacial score (nSPS) is 12.4.